The number of allylic oxidation sites excluding steroid dienone is 2. The van der Waals surface area contributed by atoms with Crippen LogP contribution in [-0.4, -0.2) is 6.47 Å². The summed E-state index contributed by atoms with van der Waals surface area (Å²) in [7, 11) is 0. The lowest BCUT2D eigenvalue weighted by Crippen LogP contribution is -2.46. The second-order valence-electron chi connectivity index (χ2n) is 5.09. The zero-order valence-electron chi connectivity index (χ0n) is 8.10. The molecular formula is C11H12Br4. The summed E-state index contributed by atoms with van der Waals surface area (Å²) in [6.45, 7) is 0. The molecule has 84 valence electrons. The lowest BCUT2D eigenvalue weighted by atomic mass is 9.73. The summed E-state index contributed by atoms with van der Waals surface area (Å²) < 4.78 is -0.0149. The van der Waals surface area contributed by atoms with E-state index < -0.39 is 0 Å². The van der Waals surface area contributed by atoms with Crippen molar-refractivity contribution in [2.45, 2.75) is 25.7 Å². The van der Waals surface area contributed by atoms with Gasteiger partial charge in [-0.1, -0.05) is 75.9 Å². The first kappa shape index (κ1) is 11.7. The van der Waals surface area contributed by atoms with Gasteiger partial charge in [0.05, 0.1) is 0 Å². The molecule has 0 saturated heterocycles. The van der Waals surface area contributed by atoms with Gasteiger partial charge in [-0.05, 0) is 42.9 Å². The Morgan fingerprint density at radius 1 is 0.800 bits per heavy atom. The van der Waals surface area contributed by atoms with Gasteiger partial charge >= 0.3 is 0 Å². The predicted octanol–water partition coefficient (Wildman–Crippen LogP) is 5.19. The van der Waals surface area contributed by atoms with Gasteiger partial charge < -0.3 is 0 Å². The van der Waals surface area contributed by atoms with E-state index in [2.05, 4.69) is 75.9 Å². The van der Waals surface area contributed by atoms with E-state index in [0.717, 1.165) is 23.7 Å². The molecule has 2 fully saturated rings. The Morgan fingerprint density at radius 3 is 1.60 bits per heavy atom. The van der Waals surface area contributed by atoms with E-state index in [1.54, 1.807) is 0 Å². The highest BCUT2D eigenvalue weighted by Gasteiger charge is 2.58. The quantitative estimate of drug-likeness (QED) is 0.342. The van der Waals surface area contributed by atoms with E-state index in [-0.39, 0.29) is 6.47 Å². The summed E-state index contributed by atoms with van der Waals surface area (Å²) in [6.07, 6.45) is 8.66. The summed E-state index contributed by atoms with van der Waals surface area (Å²) in [5.41, 5.74) is 0. The lowest BCUT2D eigenvalue weighted by Gasteiger charge is -2.47. The molecular weight excluding hydrogens is 452 g/mol. The molecule has 0 aromatic carbocycles. The van der Waals surface area contributed by atoms with Gasteiger partial charge in [-0.2, -0.15) is 0 Å². The second-order valence-corrected chi connectivity index (χ2v) is 12.6. The lowest BCUT2D eigenvalue weighted by molar-refractivity contribution is 0.221. The Balaban J connectivity index is 1.92. The second kappa shape index (κ2) is 3.58. The maximum absolute atomic E-state index is 3.82. The van der Waals surface area contributed by atoms with Crippen LogP contribution in [0.4, 0.5) is 0 Å². The van der Waals surface area contributed by atoms with Gasteiger partial charge in [-0.3, -0.25) is 0 Å². The predicted molar refractivity (Wildman–Crippen MR) is 78.1 cm³/mol. The Hall–Kier alpha value is 1.66. The molecule has 2 saturated carbocycles. The van der Waals surface area contributed by atoms with Crippen molar-refractivity contribution in [3.8, 4) is 0 Å². The van der Waals surface area contributed by atoms with Crippen molar-refractivity contribution in [3.05, 3.63) is 12.2 Å². The average molecular weight is 464 g/mol. The number of halogens is 4. The molecule has 0 aromatic heterocycles. The van der Waals surface area contributed by atoms with Crippen molar-refractivity contribution in [1.82, 2.24) is 0 Å². The van der Waals surface area contributed by atoms with Crippen molar-refractivity contribution in [3.63, 3.8) is 0 Å². The van der Waals surface area contributed by atoms with Gasteiger partial charge in [0.15, 0.2) is 0 Å². The van der Waals surface area contributed by atoms with E-state index in [9.17, 15) is 0 Å². The van der Waals surface area contributed by atoms with Crippen molar-refractivity contribution in [2.75, 3.05) is 0 Å². The van der Waals surface area contributed by atoms with Crippen molar-refractivity contribution >= 4 is 63.7 Å². The Morgan fingerprint density at radius 2 is 1.20 bits per heavy atom. The molecule has 4 heteroatoms. The van der Waals surface area contributed by atoms with Gasteiger partial charge in [0.25, 0.3) is 0 Å². The molecule has 2 bridgehead atoms. The largest absolute Gasteiger partial charge is 0.106 e. The van der Waals surface area contributed by atoms with E-state index in [0.29, 0.717) is 0 Å². The number of rotatable bonds is 0. The minimum Gasteiger partial charge on any atom is -0.0848 e. The zero-order chi connectivity index (χ0) is 10.8. The van der Waals surface area contributed by atoms with Crippen LogP contribution < -0.4 is 0 Å². The molecule has 0 amide bonds. The van der Waals surface area contributed by atoms with Crippen LogP contribution in [-0.2, 0) is 0 Å². The molecule has 0 N–H and O–H groups in total. The standard InChI is InChI=1S/C11H12Br4/c12-10(13)4-8-6-1-2-7(3-6)9(8)5-11(10,14)15/h1-2,6-9H,3-5H2. The molecule has 0 aliphatic heterocycles. The normalized spacial score (nSPS) is 49.3. The molecule has 4 atom stereocenters. The van der Waals surface area contributed by atoms with Gasteiger partial charge in [-0.15, -0.1) is 0 Å². The first-order valence-electron chi connectivity index (χ1n) is 5.35. The molecule has 0 spiro atoms. The summed E-state index contributed by atoms with van der Waals surface area (Å²) in [6, 6.07) is 0. The van der Waals surface area contributed by atoms with Crippen molar-refractivity contribution < 1.29 is 0 Å². The molecule has 0 aromatic rings. The highest BCUT2D eigenvalue weighted by molar-refractivity contribution is 9.30. The third-order valence-corrected chi connectivity index (χ3v) is 10.4. The summed E-state index contributed by atoms with van der Waals surface area (Å²) in [5.74, 6) is 3.40. The van der Waals surface area contributed by atoms with Gasteiger partial charge in [-0.25, -0.2) is 0 Å². The van der Waals surface area contributed by atoms with E-state index >= 15 is 0 Å². The number of hydrogen-bond donors (Lipinski definition) is 0. The molecule has 0 radical (unpaired) electrons. The Kier molecular flexibility index (Phi) is 2.80. The minimum absolute atomic E-state index is 0.00745. The number of alkyl halides is 4. The third-order valence-electron chi connectivity index (χ3n) is 4.32. The number of fused-ring (bicyclic) bond motifs is 5. The summed E-state index contributed by atoms with van der Waals surface area (Å²) >= 11 is 15.3. The smallest absolute Gasteiger partial charge is 0.0848 e. The van der Waals surface area contributed by atoms with E-state index in [4.69, 9.17) is 0 Å². The maximum atomic E-state index is 3.82. The fourth-order valence-electron chi connectivity index (χ4n) is 3.52. The zero-order valence-corrected chi connectivity index (χ0v) is 14.4. The van der Waals surface area contributed by atoms with Crippen LogP contribution in [0.15, 0.2) is 12.2 Å². The third kappa shape index (κ3) is 1.68. The van der Waals surface area contributed by atoms with Crippen LogP contribution in [0, 0.1) is 23.7 Å². The van der Waals surface area contributed by atoms with Gasteiger partial charge in [0, 0.05) is 0 Å². The van der Waals surface area contributed by atoms with Crippen molar-refractivity contribution in [1.29, 1.82) is 0 Å². The molecule has 0 nitrogen and oxygen atoms in total. The topological polar surface area (TPSA) is 0 Å². The highest BCUT2D eigenvalue weighted by atomic mass is 79.9. The first-order chi connectivity index (χ1) is 6.91. The minimum atomic E-state index is -0.00745. The first-order valence-corrected chi connectivity index (χ1v) is 8.52. The molecule has 3 rings (SSSR count). The van der Waals surface area contributed by atoms with E-state index in [1.165, 1.54) is 19.3 Å². The van der Waals surface area contributed by atoms with Gasteiger partial charge in [0.2, 0.25) is 0 Å². The molecule has 15 heavy (non-hydrogen) atoms. The fourth-order valence-corrected chi connectivity index (χ4v) is 5.67. The molecule has 3 aliphatic carbocycles. The monoisotopic (exact) mass is 460 g/mol. The molecule has 4 unspecified atom stereocenters. The van der Waals surface area contributed by atoms with Crippen LogP contribution in [0.1, 0.15) is 19.3 Å². The molecule has 0 heterocycles. The van der Waals surface area contributed by atoms with E-state index in [1.807, 2.05) is 0 Å². The van der Waals surface area contributed by atoms with Crippen LogP contribution >= 0.6 is 63.7 Å². The van der Waals surface area contributed by atoms with Crippen molar-refractivity contribution in [2.24, 2.45) is 23.7 Å². The van der Waals surface area contributed by atoms with Crippen LogP contribution in [0.3, 0.4) is 0 Å². The maximum Gasteiger partial charge on any atom is 0.106 e. The Bertz CT molecular complexity index is 291. The Labute approximate surface area is 124 Å². The highest BCUT2D eigenvalue weighted by Crippen LogP contribution is 2.66. The van der Waals surface area contributed by atoms with Crippen LogP contribution in [0.25, 0.3) is 0 Å². The summed E-state index contributed by atoms with van der Waals surface area (Å²) in [4.78, 5) is 0. The SMILES string of the molecule is BrC1(Br)CC2C3C=CC(C3)C2CC1(Br)Br. The van der Waals surface area contributed by atoms with Gasteiger partial charge in [0.1, 0.15) is 6.47 Å². The fraction of sp³-hybridized carbons (Fsp3) is 0.818. The van der Waals surface area contributed by atoms with Crippen LogP contribution in [0.2, 0.25) is 0 Å². The average Bonchev–Trinajstić information content (AvgIpc) is 2.66. The number of hydrogen-bond acceptors (Lipinski definition) is 0. The van der Waals surface area contributed by atoms with Crippen LogP contribution in [0.5, 0.6) is 0 Å². The molecule has 3 aliphatic rings. The summed E-state index contributed by atoms with van der Waals surface area (Å²) in [5, 5.41) is 0.